The Kier molecular flexibility index (Phi) is 7.84. The van der Waals surface area contributed by atoms with E-state index in [-0.39, 0.29) is 31.4 Å². The fourth-order valence-corrected chi connectivity index (χ4v) is 4.27. The minimum absolute atomic E-state index is 0.150. The van der Waals surface area contributed by atoms with Crippen LogP contribution < -0.4 is 4.74 Å². The summed E-state index contributed by atoms with van der Waals surface area (Å²) in [5, 5.41) is 6.65. The van der Waals surface area contributed by atoms with Gasteiger partial charge in [0.1, 0.15) is 12.3 Å². The van der Waals surface area contributed by atoms with Crippen molar-refractivity contribution in [3.63, 3.8) is 0 Å². The molecule has 1 aliphatic heterocycles. The van der Waals surface area contributed by atoms with Gasteiger partial charge in [-0.2, -0.15) is 5.10 Å². The second-order valence-corrected chi connectivity index (χ2v) is 8.33. The molecule has 1 aliphatic rings. The second-order valence-electron chi connectivity index (χ2n) is 7.92. The number of halogens is 1. The average Bonchev–Trinajstić information content (AvgIpc) is 3.57. The van der Waals surface area contributed by atoms with E-state index in [2.05, 4.69) is 5.10 Å². The molecule has 3 aromatic rings. The number of hydrogen-bond donors (Lipinski definition) is 0. The molecule has 0 bridgehead atoms. The first-order valence-corrected chi connectivity index (χ1v) is 11.5. The predicted molar refractivity (Wildman–Crippen MR) is 132 cm³/mol. The zero-order chi connectivity index (χ0) is 24.8. The Hall–Kier alpha value is -3.62. The molecule has 1 atom stereocenters. The lowest BCUT2D eigenvalue weighted by Gasteiger charge is -2.27. The highest BCUT2D eigenvalue weighted by atomic mass is 35.5. The van der Waals surface area contributed by atoms with Crippen molar-refractivity contribution in [2.24, 2.45) is 5.10 Å². The Morgan fingerprint density at radius 2 is 1.89 bits per heavy atom. The number of ether oxygens (including phenoxy) is 2. The number of rotatable bonds is 9. The quantitative estimate of drug-likeness (QED) is 0.439. The van der Waals surface area contributed by atoms with Crippen LogP contribution in [0.2, 0.25) is 5.02 Å². The first-order chi connectivity index (χ1) is 17.0. The molecule has 2 heterocycles. The number of para-hydroxylation sites is 1. The van der Waals surface area contributed by atoms with Gasteiger partial charge in [0.15, 0.2) is 5.76 Å². The summed E-state index contributed by atoms with van der Waals surface area (Å²) in [7, 11) is 3.13. The molecule has 182 valence electrons. The van der Waals surface area contributed by atoms with Gasteiger partial charge in [0, 0.05) is 36.2 Å². The van der Waals surface area contributed by atoms with Gasteiger partial charge in [0.25, 0.3) is 11.8 Å². The maximum Gasteiger partial charge on any atom is 0.290 e. The minimum atomic E-state index is -0.423. The number of carbonyl (C=O) groups is 2. The lowest BCUT2D eigenvalue weighted by Crippen LogP contribution is -2.42. The lowest BCUT2D eigenvalue weighted by molar-refractivity contribution is -0.133. The Bertz CT molecular complexity index is 1210. The van der Waals surface area contributed by atoms with Crippen LogP contribution in [0.5, 0.6) is 5.75 Å². The smallest absolute Gasteiger partial charge is 0.290 e. The molecule has 4 rings (SSSR count). The third-order valence-corrected chi connectivity index (χ3v) is 6.09. The van der Waals surface area contributed by atoms with Gasteiger partial charge in [-0.25, -0.2) is 5.01 Å². The van der Waals surface area contributed by atoms with Crippen LogP contribution in [0.4, 0.5) is 0 Å². The number of furan rings is 1. The van der Waals surface area contributed by atoms with Crippen molar-refractivity contribution in [1.82, 2.24) is 9.91 Å². The van der Waals surface area contributed by atoms with Crippen LogP contribution in [0.3, 0.4) is 0 Å². The fourth-order valence-electron chi connectivity index (χ4n) is 4.03. The third kappa shape index (κ3) is 5.39. The third-order valence-electron chi connectivity index (χ3n) is 5.76. The van der Waals surface area contributed by atoms with Crippen LogP contribution in [-0.4, -0.2) is 61.4 Å². The molecule has 2 amide bonds. The van der Waals surface area contributed by atoms with Crippen LogP contribution >= 0.6 is 11.6 Å². The predicted octanol–water partition coefficient (Wildman–Crippen LogP) is 4.41. The number of methoxy groups -OCH3 is 2. The molecule has 0 saturated carbocycles. The van der Waals surface area contributed by atoms with Crippen molar-refractivity contribution >= 4 is 29.1 Å². The van der Waals surface area contributed by atoms with Crippen LogP contribution in [0.15, 0.2) is 76.4 Å². The highest BCUT2D eigenvalue weighted by molar-refractivity contribution is 6.34. The van der Waals surface area contributed by atoms with E-state index in [1.807, 2.05) is 42.5 Å². The van der Waals surface area contributed by atoms with Gasteiger partial charge in [0.2, 0.25) is 0 Å². The zero-order valence-corrected chi connectivity index (χ0v) is 20.3. The Labute approximate surface area is 208 Å². The highest BCUT2D eigenvalue weighted by Crippen LogP contribution is 2.38. The number of carbonyl (C=O) groups excluding carboxylic acids is 2. The van der Waals surface area contributed by atoms with Crippen molar-refractivity contribution in [3.05, 3.63) is 88.8 Å². The van der Waals surface area contributed by atoms with Gasteiger partial charge < -0.3 is 18.8 Å². The Balaban J connectivity index is 1.67. The molecule has 0 aliphatic carbocycles. The van der Waals surface area contributed by atoms with E-state index in [0.717, 1.165) is 11.1 Å². The van der Waals surface area contributed by atoms with Crippen LogP contribution in [0.25, 0.3) is 0 Å². The second kappa shape index (κ2) is 11.2. The van der Waals surface area contributed by atoms with Crippen molar-refractivity contribution in [2.45, 2.75) is 12.5 Å². The summed E-state index contributed by atoms with van der Waals surface area (Å²) >= 11 is 6.44. The summed E-state index contributed by atoms with van der Waals surface area (Å²) in [6.45, 7) is 0.285. The molecule has 0 saturated heterocycles. The SMILES string of the molecule is COCCN(CC(=O)N1N=C(c2ccccc2Cl)CC1c1ccccc1OC)C(=O)c1ccco1. The molecule has 8 nitrogen and oxygen atoms in total. The standard InChI is InChI=1S/C26H26ClN3O5/c1-33-15-13-29(26(32)24-12-7-14-35-24)17-25(31)30-22(19-9-4-6-11-23(19)34-2)16-21(28-30)18-8-3-5-10-20(18)27/h3-12,14,22H,13,15-17H2,1-2H3. The van der Waals surface area contributed by atoms with Gasteiger partial charge in [-0.05, 0) is 24.3 Å². The summed E-state index contributed by atoms with van der Waals surface area (Å²) in [6.07, 6.45) is 1.86. The van der Waals surface area contributed by atoms with Crippen LogP contribution in [0.1, 0.15) is 34.1 Å². The van der Waals surface area contributed by atoms with Gasteiger partial charge in [-0.1, -0.05) is 48.0 Å². The average molecular weight is 496 g/mol. The van der Waals surface area contributed by atoms with Crippen molar-refractivity contribution in [1.29, 1.82) is 0 Å². The summed E-state index contributed by atoms with van der Waals surface area (Å²) in [5.41, 5.74) is 2.25. The minimum Gasteiger partial charge on any atom is -0.496 e. The zero-order valence-electron chi connectivity index (χ0n) is 19.5. The topological polar surface area (TPSA) is 84.6 Å². The molecule has 1 aromatic heterocycles. The number of hydrogen-bond acceptors (Lipinski definition) is 6. The van der Waals surface area contributed by atoms with Crippen molar-refractivity contribution in [3.8, 4) is 5.75 Å². The first kappa shape index (κ1) is 24.5. The van der Waals surface area contributed by atoms with E-state index in [9.17, 15) is 9.59 Å². The Morgan fingerprint density at radius 1 is 1.11 bits per heavy atom. The molecule has 35 heavy (non-hydrogen) atoms. The van der Waals surface area contributed by atoms with E-state index in [1.165, 1.54) is 23.3 Å². The molecular weight excluding hydrogens is 470 g/mol. The van der Waals surface area contributed by atoms with E-state index >= 15 is 0 Å². The lowest BCUT2D eigenvalue weighted by atomic mass is 9.97. The van der Waals surface area contributed by atoms with Crippen LogP contribution in [0, 0.1) is 0 Å². The van der Waals surface area contributed by atoms with E-state index < -0.39 is 11.9 Å². The Morgan fingerprint density at radius 3 is 2.60 bits per heavy atom. The fraction of sp³-hybridized carbons (Fsp3) is 0.269. The molecule has 0 fully saturated rings. The number of hydrazone groups is 1. The summed E-state index contributed by atoms with van der Waals surface area (Å²) in [6, 6.07) is 17.7. The number of amides is 2. The van der Waals surface area contributed by atoms with Gasteiger partial charge in [-0.3, -0.25) is 9.59 Å². The summed E-state index contributed by atoms with van der Waals surface area (Å²) in [5.74, 6) is 0.0494. The summed E-state index contributed by atoms with van der Waals surface area (Å²) < 4.78 is 16.0. The monoisotopic (exact) mass is 495 g/mol. The number of benzene rings is 2. The van der Waals surface area contributed by atoms with Crippen LogP contribution in [-0.2, 0) is 9.53 Å². The van der Waals surface area contributed by atoms with Gasteiger partial charge in [-0.15, -0.1) is 0 Å². The van der Waals surface area contributed by atoms with Crippen molar-refractivity contribution in [2.75, 3.05) is 33.9 Å². The summed E-state index contributed by atoms with van der Waals surface area (Å²) in [4.78, 5) is 28.0. The normalized spacial score (nSPS) is 15.1. The van der Waals surface area contributed by atoms with Crippen molar-refractivity contribution < 1.29 is 23.5 Å². The maximum atomic E-state index is 13.6. The number of nitrogens with zero attached hydrogens (tertiary/aromatic N) is 3. The molecule has 0 spiro atoms. The molecule has 1 unspecified atom stereocenters. The molecule has 0 radical (unpaired) electrons. The first-order valence-electron chi connectivity index (χ1n) is 11.1. The van der Waals surface area contributed by atoms with E-state index in [4.69, 9.17) is 25.5 Å². The molecule has 2 aromatic carbocycles. The van der Waals surface area contributed by atoms with Gasteiger partial charge >= 0.3 is 0 Å². The maximum absolute atomic E-state index is 13.6. The molecule has 9 heteroatoms. The molecular formula is C26H26ClN3O5. The highest BCUT2D eigenvalue weighted by Gasteiger charge is 2.36. The largest absolute Gasteiger partial charge is 0.496 e. The molecule has 0 N–H and O–H groups in total. The van der Waals surface area contributed by atoms with E-state index in [1.54, 1.807) is 25.3 Å². The van der Waals surface area contributed by atoms with Gasteiger partial charge in [0.05, 0.1) is 31.7 Å². The van der Waals surface area contributed by atoms with E-state index in [0.29, 0.717) is 22.9 Å².